The Labute approximate surface area is 249 Å². The van der Waals surface area contributed by atoms with Gasteiger partial charge in [0.15, 0.2) is 0 Å². The highest BCUT2D eigenvalue weighted by atomic mass is 16.6. The molecule has 1 saturated carbocycles. The van der Waals surface area contributed by atoms with Crippen LogP contribution in [-0.4, -0.2) is 88.4 Å². The summed E-state index contributed by atoms with van der Waals surface area (Å²) in [6.45, 7) is 8.90. The second kappa shape index (κ2) is 12.6. The Hall–Kier alpha value is -3.20. The summed E-state index contributed by atoms with van der Waals surface area (Å²) in [5.41, 5.74) is 4.86. The number of carbonyl (C=O) groups is 2. The van der Waals surface area contributed by atoms with Crippen molar-refractivity contribution in [2.45, 2.75) is 77.4 Å². The van der Waals surface area contributed by atoms with E-state index in [1.807, 2.05) is 23.6 Å². The first kappa shape index (κ1) is 28.9. The first-order valence-corrected chi connectivity index (χ1v) is 15.9. The summed E-state index contributed by atoms with van der Waals surface area (Å²) in [6.07, 6.45) is 8.44. The quantitative estimate of drug-likeness (QED) is 0.523. The zero-order chi connectivity index (χ0) is 29.2. The van der Waals surface area contributed by atoms with Crippen LogP contribution in [0.3, 0.4) is 0 Å². The van der Waals surface area contributed by atoms with Crippen molar-refractivity contribution in [2.75, 3.05) is 44.2 Å². The topological polar surface area (TPSA) is 99.1 Å². The zero-order valence-corrected chi connectivity index (χ0v) is 25.1. The standard InChI is InChI=1S/C33H45N5O4/c1-22-31(23(2)35-21-34-22)32(40)38-19-26-17-37(18-27(26)20-38)28-8-4-7-25(15-28)6-3-5-24-11-13-36(14-12-24)33(41)42-30-10-9-29(39)16-30/h4,7-8,15,21,24,26-27,29-30,39H,3,5-6,9-14,16-20H2,1-2H3. The Morgan fingerprint density at radius 3 is 2.33 bits per heavy atom. The summed E-state index contributed by atoms with van der Waals surface area (Å²) in [7, 11) is 0. The van der Waals surface area contributed by atoms with Gasteiger partial charge in [0.1, 0.15) is 12.4 Å². The second-order valence-corrected chi connectivity index (χ2v) is 13.0. The molecule has 226 valence electrons. The van der Waals surface area contributed by atoms with E-state index in [0.717, 1.165) is 89.2 Å². The van der Waals surface area contributed by atoms with Crippen molar-refractivity contribution in [3.63, 3.8) is 0 Å². The Bertz CT molecular complexity index is 1240. The normalized spacial score (nSPS) is 26.1. The predicted molar refractivity (Wildman–Crippen MR) is 160 cm³/mol. The van der Waals surface area contributed by atoms with E-state index in [1.165, 1.54) is 24.0 Å². The minimum Gasteiger partial charge on any atom is -0.446 e. The summed E-state index contributed by atoms with van der Waals surface area (Å²) in [5.74, 6) is 1.72. The van der Waals surface area contributed by atoms with Gasteiger partial charge in [-0.05, 0) is 82.4 Å². The summed E-state index contributed by atoms with van der Waals surface area (Å²) in [4.78, 5) is 40.6. The molecule has 4 atom stereocenters. The molecular formula is C33H45N5O4. The third-order valence-corrected chi connectivity index (χ3v) is 10.1. The van der Waals surface area contributed by atoms with Crippen LogP contribution in [0.5, 0.6) is 0 Å². The molecule has 9 nitrogen and oxygen atoms in total. The number of aliphatic hydroxyl groups is 1. The van der Waals surface area contributed by atoms with Crippen molar-refractivity contribution in [2.24, 2.45) is 17.8 Å². The fourth-order valence-electron chi connectivity index (χ4n) is 7.58. The number of amides is 2. The lowest BCUT2D eigenvalue weighted by atomic mass is 9.91. The van der Waals surface area contributed by atoms with Gasteiger partial charge in [0.05, 0.1) is 23.1 Å². The molecule has 4 heterocycles. The number of anilines is 1. The Kier molecular flexibility index (Phi) is 8.65. The summed E-state index contributed by atoms with van der Waals surface area (Å²) in [5, 5.41) is 9.68. The maximum atomic E-state index is 13.3. The second-order valence-electron chi connectivity index (χ2n) is 13.0. The number of ether oxygens (including phenoxy) is 1. The molecule has 2 aromatic rings. The lowest BCUT2D eigenvalue weighted by molar-refractivity contribution is 0.0488. The van der Waals surface area contributed by atoms with Gasteiger partial charge in [0.25, 0.3) is 5.91 Å². The number of hydrogen-bond donors (Lipinski definition) is 1. The van der Waals surface area contributed by atoms with Gasteiger partial charge in [-0.2, -0.15) is 0 Å². The number of carbonyl (C=O) groups excluding carboxylic acids is 2. The van der Waals surface area contributed by atoms with Crippen LogP contribution < -0.4 is 4.90 Å². The van der Waals surface area contributed by atoms with E-state index in [2.05, 4.69) is 39.1 Å². The van der Waals surface area contributed by atoms with Crippen molar-refractivity contribution >= 4 is 17.7 Å². The van der Waals surface area contributed by atoms with Gasteiger partial charge >= 0.3 is 6.09 Å². The van der Waals surface area contributed by atoms with Crippen molar-refractivity contribution in [1.82, 2.24) is 19.8 Å². The van der Waals surface area contributed by atoms with Crippen LogP contribution in [0.1, 0.15) is 72.3 Å². The molecule has 0 bridgehead atoms. The van der Waals surface area contributed by atoms with E-state index in [0.29, 0.717) is 29.7 Å². The highest BCUT2D eigenvalue weighted by molar-refractivity contribution is 5.96. The first-order chi connectivity index (χ1) is 20.3. The number of piperidine rings is 1. The molecule has 4 aliphatic rings. The molecule has 3 aliphatic heterocycles. The van der Waals surface area contributed by atoms with Gasteiger partial charge in [-0.3, -0.25) is 4.79 Å². The maximum absolute atomic E-state index is 13.3. The van der Waals surface area contributed by atoms with Gasteiger partial charge in [-0.15, -0.1) is 0 Å². The average molecular weight is 576 g/mol. The molecule has 4 unspecified atom stereocenters. The number of benzene rings is 1. The summed E-state index contributed by atoms with van der Waals surface area (Å²) < 4.78 is 5.62. The van der Waals surface area contributed by atoms with E-state index in [-0.39, 0.29) is 24.2 Å². The number of aryl methyl sites for hydroxylation is 3. The molecule has 9 heteroatoms. The van der Waals surface area contributed by atoms with Crippen LogP contribution >= 0.6 is 0 Å². The van der Waals surface area contributed by atoms with Crippen LogP contribution in [0.15, 0.2) is 30.6 Å². The van der Waals surface area contributed by atoms with Crippen molar-refractivity contribution < 1.29 is 19.4 Å². The van der Waals surface area contributed by atoms with Crippen LogP contribution in [0, 0.1) is 31.6 Å². The Balaban J connectivity index is 0.933. The Morgan fingerprint density at radius 2 is 1.67 bits per heavy atom. The van der Waals surface area contributed by atoms with E-state index in [1.54, 1.807) is 0 Å². The lowest BCUT2D eigenvalue weighted by Crippen LogP contribution is -2.40. The molecule has 4 fully saturated rings. The lowest BCUT2D eigenvalue weighted by Gasteiger charge is -2.32. The highest BCUT2D eigenvalue weighted by Crippen LogP contribution is 2.35. The van der Waals surface area contributed by atoms with Crippen LogP contribution in [0.25, 0.3) is 0 Å². The minimum atomic E-state index is -0.322. The number of likely N-dealkylation sites (tertiary alicyclic amines) is 2. The monoisotopic (exact) mass is 575 g/mol. The molecule has 1 aromatic carbocycles. The molecule has 3 saturated heterocycles. The molecule has 0 radical (unpaired) electrons. The number of nitrogens with zero attached hydrogens (tertiary/aromatic N) is 5. The number of fused-ring (bicyclic) bond motifs is 1. The van der Waals surface area contributed by atoms with E-state index < -0.39 is 0 Å². The third kappa shape index (κ3) is 6.41. The average Bonchev–Trinajstić information content (AvgIpc) is 3.68. The number of aliphatic hydroxyl groups excluding tert-OH is 1. The molecule has 1 aliphatic carbocycles. The SMILES string of the molecule is Cc1ncnc(C)c1C(=O)N1CC2CN(c3cccc(CCCC4CCN(C(=O)OC5CCC(O)C5)CC4)c3)CC2C1. The van der Waals surface area contributed by atoms with Crippen LogP contribution in [-0.2, 0) is 11.2 Å². The minimum absolute atomic E-state index is 0.0731. The molecule has 42 heavy (non-hydrogen) atoms. The van der Waals surface area contributed by atoms with E-state index >= 15 is 0 Å². The molecule has 2 amide bonds. The summed E-state index contributed by atoms with van der Waals surface area (Å²) in [6, 6.07) is 9.01. The van der Waals surface area contributed by atoms with Gasteiger partial charge < -0.3 is 24.5 Å². The van der Waals surface area contributed by atoms with Crippen molar-refractivity contribution in [3.8, 4) is 0 Å². The van der Waals surface area contributed by atoms with E-state index in [9.17, 15) is 14.7 Å². The Morgan fingerprint density at radius 1 is 0.952 bits per heavy atom. The van der Waals surface area contributed by atoms with E-state index in [4.69, 9.17) is 4.74 Å². The van der Waals surface area contributed by atoms with Gasteiger partial charge in [-0.1, -0.05) is 12.1 Å². The predicted octanol–water partition coefficient (Wildman–Crippen LogP) is 4.39. The molecule has 1 N–H and O–H groups in total. The zero-order valence-electron chi connectivity index (χ0n) is 25.1. The van der Waals surface area contributed by atoms with Gasteiger partial charge in [0, 0.05) is 63.2 Å². The molecule has 1 aromatic heterocycles. The van der Waals surface area contributed by atoms with Crippen LogP contribution in [0.4, 0.5) is 10.5 Å². The smallest absolute Gasteiger partial charge is 0.410 e. The number of aromatic nitrogens is 2. The number of hydrogen-bond acceptors (Lipinski definition) is 7. The highest BCUT2D eigenvalue weighted by Gasteiger charge is 2.42. The maximum Gasteiger partial charge on any atom is 0.410 e. The van der Waals surface area contributed by atoms with Gasteiger partial charge in [-0.25, -0.2) is 14.8 Å². The molecular weight excluding hydrogens is 530 g/mol. The van der Waals surface area contributed by atoms with Crippen molar-refractivity contribution in [1.29, 1.82) is 0 Å². The summed E-state index contributed by atoms with van der Waals surface area (Å²) >= 11 is 0. The number of rotatable bonds is 7. The van der Waals surface area contributed by atoms with Crippen molar-refractivity contribution in [3.05, 3.63) is 53.1 Å². The molecule has 6 rings (SSSR count). The third-order valence-electron chi connectivity index (χ3n) is 10.1. The first-order valence-electron chi connectivity index (χ1n) is 15.9. The van der Waals surface area contributed by atoms with Gasteiger partial charge in [0.2, 0.25) is 0 Å². The molecule has 0 spiro atoms. The fraction of sp³-hybridized carbons (Fsp3) is 0.636. The fourth-order valence-corrected chi connectivity index (χ4v) is 7.58. The largest absolute Gasteiger partial charge is 0.446 e. The van der Waals surface area contributed by atoms with Crippen LogP contribution in [0.2, 0.25) is 0 Å².